The number of hydrogen-bond acceptors (Lipinski definition) is 7. The number of carboxylic acid groups (broad SMARTS) is 1. The van der Waals surface area contributed by atoms with Crippen molar-refractivity contribution in [1.29, 1.82) is 0 Å². The van der Waals surface area contributed by atoms with Crippen molar-refractivity contribution in [2.45, 2.75) is 43.7 Å². The van der Waals surface area contributed by atoms with Crippen LogP contribution in [0.5, 0.6) is 0 Å². The highest BCUT2D eigenvalue weighted by molar-refractivity contribution is 8.00. The zero-order valence-electron chi connectivity index (χ0n) is 13.4. The molecule has 5 N–H and O–H groups in total. The monoisotopic (exact) mass is 348 g/mol. The lowest BCUT2D eigenvalue weighted by Gasteiger charge is -2.31. The molecule has 1 fully saturated rings. The predicted octanol–water partition coefficient (Wildman–Crippen LogP) is -0.805. The quantitative estimate of drug-likeness (QED) is 0.438. The third kappa shape index (κ3) is 5.08. The van der Waals surface area contributed by atoms with E-state index in [0.29, 0.717) is 0 Å². The maximum Gasteiger partial charge on any atom is 0.331 e. The summed E-state index contributed by atoms with van der Waals surface area (Å²) in [5.41, 5.74) is 5.49. The first-order chi connectivity index (χ1) is 10.7. The van der Waals surface area contributed by atoms with Gasteiger partial charge in [-0.1, -0.05) is 13.8 Å². The predicted molar refractivity (Wildman–Crippen MR) is 84.8 cm³/mol. The van der Waals surface area contributed by atoms with E-state index in [9.17, 15) is 19.5 Å². The fourth-order valence-corrected chi connectivity index (χ4v) is 4.26. The van der Waals surface area contributed by atoms with Crippen molar-refractivity contribution in [2.24, 2.45) is 17.6 Å². The van der Waals surface area contributed by atoms with Gasteiger partial charge in [0.25, 0.3) is 0 Å². The van der Waals surface area contributed by atoms with Gasteiger partial charge in [0.2, 0.25) is 5.91 Å². The highest BCUT2D eigenvalue weighted by Gasteiger charge is 2.43. The fourth-order valence-electron chi connectivity index (χ4n) is 2.78. The zero-order chi connectivity index (χ0) is 17.7. The Kier molecular flexibility index (Phi) is 7.30. The lowest BCUT2D eigenvalue weighted by atomic mass is 9.84. The van der Waals surface area contributed by atoms with Crippen molar-refractivity contribution in [2.75, 3.05) is 12.9 Å². The van der Waals surface area contributed by atoms with Crippen molar-refractivity contribution in [3.8, 4) is 0 Å². The van der Waals surface area contributed by atoms with Crippen LogP contribution in [0.4, 0.5) is 0 Å². The van der Waals surface area contributed by atoms with Gasteiger partial charge in [-0.15, -0.1) is 0 Å². The molecule has 1 aliphatic rings. The number of ether oxygens (including phenoxy) is 1. The second-order valence-electron chi connectivity index (χ2n) is 5.80. The van der Waals surface area contributed by atoms with E-state index < -0.39 is 42.5 Å². The summed E-state index contributed by atoms with van der Waals surface area (Å²) < 4.78 is 4.65. The summed E-state index contributed by atoms with van der Waals surface area (Å²) in [6.45, 7) is 3.92. The number of rotatable bonds is 7. The fraction of sp³-hybridized carbons (Fsp3) is 0.786. The van der Waals surface area contributed by atoms with Gasteiger partial charge in [0.15, 0.2) is 6.04 Å². The number of esters is 1. The number of carbonyl (C=O) groups excluding carboxylic acids is 2. The normalized spacial score (nSPS) is 27.8. The van der Waals surface area contributed by atoms with Gasteiger partial charge >= 0.3 is 11.9 Å². The van der Waals surface area contributed by atoms with Crippen molar-refractivity contribution in [3.63, 3.8) is 0 Å². The summed E-state index contributed by atoms with van der Waals surface area (Å²) in [7, 11) is 1.15. The lowest BCUT2D eigenvalue weighted by molar-refractivity contribution is -0.150. The highest BCUT2D eigenvalue weighted by atomic mass is 32.2. The molecule has 1 saturated heterocycles. The Labute approximate surface area is 139 Å². The number of hydrogen-bond donors (Lipinski definition) is 4. The Hall–Kier alpha value is -1.32. The average Bonchev–Trinajstić information content (AvgIpc) is 2.81. The number of thioether (sulfide) groups is 1. The molecular weight excluding hydrogens is 324 g/mol. The number of aliphatic carboxylic acids is 1. The Morgan fingerprint density at radius 1 is 1.39 bits per heavy atom. The molecule has 132 valence electrons. The van der Waals surface area contributed by atoms with Crippen LogP contribution in [0.15, 0.2) is 0 Å². The number of amides is 1. The van der Waals surface area contributed by atoms with Crippen LogP contribution >= 0.6 is 11.8 Å². The van der Waals surface area contributed by atoms with Crippen molar-refractivity contribution < 1.29 is 29.3 Å². The average molecular weight is 348 g/mol. The van der Waals surface area contributed by atoms with Crippen molar-refractivity contribution in [3.05, 3.63) is 0 Å². The third-order valence-corrected chi connectivity index (χ3v) is 5.60. The number of aliphatic hydroxyl groups excluding tert-OH is 1. The lowest BCUT2D eigenvalue weighted by Crippen LogP contribution is -2.57. The van der Waals surface area contributed by atoms with Gasteiger partial charge in [-0.2, -0.15) is 11.8 Å². The Balaban J connectivity index is 2.86. The van der Waals surface area contributed by atoms with Gasteiger partial charge in [-0.25, -0.2) is 4.79 Å². The zero-order valence-corrected chi connectivity index (χ0v) is 14.2. The summed E-state index contributed by atoms with van der Waals surface area (Å²) in [5, 5.41) is 21.7. The molecule has 0 aliphatic carbocycles. The van der Waals surface area contributed by atoms with E-state index in [-0.39, 0.29) is 17.1 Å². The number of aliphatic hydroxyl groups is 1. The van der Waals surface area contributed by atoms with Gasteiger partial charge in [0.1, 0.15) is 0 Å². The Bertz CT molecular complexity index is 451. The smallest absolute Gasteiger partial charge is 0.331 e. The first kappa shape index (κ1) is 19.7. The molecule has 8 nitrogen and oxygen atoms in total. The molecule has 0 aromatic rings. The minimum absolute atomic E-state index is 0.122. The van der Waals surface area contributed by atoms with E-state index in [1.165, 1.54) is 0 Å². The Morgan fingerprint density at radius 2 is 2.00 bits per heavy atom. The molecule has 0 bridgehead atoms. The summed E-state index contributed by atoms with van der Waals surface area (Å²) in [6.07, 6.45) is -1.70. The van der Waals surface area contributed by atoms with Gasteiger partial charge < -0.3 is 26.0 Å². The van der Waals surface area contributed by atoms with Crippen molar-refractivity contribution in [1.82, 2.24) is 5.32 Å². The van der Waals surface area contributed by atoms with Crippen LogP contribution in [0.3, 0.4) is 0 Å². The van der Waals surface area contributed by atoms with E-state index >= 15 is 0 Å². The minimum Gasteiger partial charge on any atom is -0.481 e. The molecule has 0 saturated carbocycles. The van der Waals surface area contributed by atoms with Gasteiger partial charge in [0.05, 0.1) is 25.7 Å². The Morgan fingerprint density at radius 3 is 2.43 bits per heavy atom. The van der Waals surface area contributed by atoms with E-state index in [0.717, 1.165) is 12.9 Å². The summed E-state index contributed by atoms with van der Waals surface area (Å²) in [5.74, 6) is -2.00. The number of carbonyl (C=O) groups is 3. The maximum absolute atomic E-state index is 12.0. The molecule has 4 unspecified atom stereocenters. The largest absolute Gasteiger partial charge is 0.481 e. The molecule has 1 amide bonds. The minimum atomic E-state index is -1.31. The standard InChI is InChI=1S/C14H24N2O6S/c1-6-5-23-7(2)10(6)12(19)11(14(21)22-3)16-13(20)8(15)4-9(17)18/h6-8,10-12,19H,4-5,15H2,1-3H3,(H,16,20)(H,17,18)/t6?,7?,8-,10?,11-,12?/m0/s1. The third-order valence-electron chi connectivity index (χ3n) is 4.04. The second-order valence-corrected chi connectivity index (χ2v) is 7.21. The van der Waals surface area contributed by atoms with Gasteiger partial charge in [-0.3, -0.25) is 9.59 Å². The molecule has 6 atom stereocenters. The van der Waals surface area contributed by atoms with Gasteiger partial charge in [-0.05, 0) is 11.7 Å². The number of nitrogens with one attached hydrogen (secondary N) is 1. The second kappa shape index (κ2) is 8.51. The maximum atomic E-state index is 12.0. The van der Waals surface area contributed by atoms with E-state index in [1.54, 1.807) is 11.8 Å². The SMILES string of the molecule is COC(=O)[C@@H](NC(=O)[C@@H](N)CC(=O)O)C(O)C1C(C)CSC1C. The van der Waals surface area contributed by atoms with E-state index in [2.05, 4.69) is 10.1 Å². The first-order valence-corrected chi connectivity index (χ1v) is 8.39. The van der Waals surface area contributed by atoms with Crippen molar-refractivity contribution >= 4 is 29.6 Å². The molecule has 0 aromatic carbocycles. The summed E-state index contributed by atoms with van der Waals surface area (Å²) in [6, 6.07) is -2.58. The van der Waals surface area contributed by atoms with Crippen LogP contribution in [-0.4, -0.2) is 64.4 Å². The number of nitrogens with two attached hydrogens (primary N) is 1. The molecule has 0 aromatic heterocycles. The molecule has 1 rings (SSSR count). The molecule has 9 heteroatoms. The highest BCUT2D eigenvalue weighted by Crippen LogP contribution is 2.39. The van der Waals surface area contributed by atoms with Crippen LogP contribution in [0.1, 0.15) is 20.3 Å². The van der Waals surface area contributed by atoms with Gasteiger partial charge in [0, 0.05) is 11.2 Å². The van der Waals surface area contributed by atoms with Crippen LogP contribution < -0.4 is 11.1 Å². The molecular formula is C14H24N2O6S. The topological polar surface area (TPSA) is 139 Å². The summed E-state index contributed by atoms with van der Waals surface area (Å²) >= 11 is 1.68. The molecule has 23 heavy (non-hydrogen) atoms. The number of methoxy groups -OCH3 is 1. The molecule has 1 aliphatic heterocycles. The number of carboxylic acids is 1. The van der Waals surface area contributed by atoms with E-state index in [4.69, 9.17) is 10.8 Å². The molecule has 0 radical (unpaired) electrons. The summed E-state index contributed by atoms with van der Waals surface area (Å²) in [4.78, 5) is 34.5. The van der Waals surface area contributed by atoms with Crippen LogP contribution in [-0.2, 0) is 19.1 Å². The van der Waals surface area contributed by atoms with Crippen LogP contribution in [0, 0.1) is 11.8 Å². The molecule has 0 spiro atoms. The van der Waals surface area contributed by atoms with Crippen LogP contribution in [0.2, 0.25) is 0 Å². The first-order valence-electron chi connectivity index (χ1n) is 7.34. The van der Waals surface area contributed by atoms with Crippen LogP contribution in [0.25, 0.3) is 0 Å². The molecule has 1 heterocycles. The van der Waals surface area contributed by atoms with E-state index in [1.807, 2.05) is 13.8 Å².